The number of hydrogen-bond donors (Lipinski definition) is 1. The molecule has 0 spiro atoms. The Morgan fingerprint density at radius 3 is 2.62 bits per heavy atom. The number of nitrogens with one attached hydrogen (secondary N) is 1. The zero-order chi connectivity index (χ0) is 30.1. The number of methoxy groups -OCH3 is 2. The van der Waals surface area contributed by atoms with Crippen molar-refractivity contribution in [1.82, 2.24) is 14.5 Å². The monoisotopic (exact) mass is 608 g/mol. The zero-order valence-electron chi connectivity index (χ0n) is 23.7. The Morgan fingerprint density at radius 2 is 1.93 bits per heavy atom. The van der Waals surface area contributed by atoms with Crippen LogP contribution in [0.25, 0.3) is 6.08 Å². The Kier molecular flexibility index (Phi) is 8.23. The van der Waals surface area contributed by atoms with Crippen LogP contribution in [0, 0.1) is 6.92 Å². The molecule has 4 aromatic rings. The van der Waals surface area contributed by atoms with Gasteiger partial charge >= 0.3 is 5.97 Å². The van der Waals surface area contributed by atoms with E-state index in [4.69, 9.17) is 18.6 Å². The molecule has 218 valence electrons. The predicted octanol–water partition coefficient (Wildman–Crippen LogP) is 3.34. The smallest absolute Gasteiger partial charge is 0.338 e. The molecule has 0 bridgehead atoms. The molecule has 1 N–H and O–H groups in total. The summed E-state index contributed by atoms with van der Waals surface area (Å²) >= 11 is 2.33. The van der Waals surface area contributed by atoms with Gasteiger partial charge in [-0.25, -0.2) is 14.8 Å². The summed E-state index contributed by atoms with van der Waals surface area (Å²) in [4.78, 5) is 51.1. The van der Waals surface area contributed by atoms with Crippen molar-refractivity contribution in [2.24, 2.45) is 4.99 Å². The molecular formula is C29H28N4O7S2. The number of aryl methyl sites for hydroxylation is 1. The van der Waals surface area contributed by atoms with Gasteiger partial charge in [0.15, 0.2) is 15.1 Å². The molecule has 1 aliphatic rings. The molecule has 0 saturated carbocycles. The van der Waals surface area contributed by atoms with Gasteiger partial charge in [-0.15, -0.1) is 0 Å². The fraction of sp³-hybridized carbons (Fsp3) is 0.276. The molecule has 0 radical (unpaired) electrons. The normalized spacial score (nSPS) is 15.0. The van der Waals surface area contributed by atoms with Crippen molar-refractivity contribution in [3.8, 4) is 11.5 Å². The second kappa shape index (κ2) is 11.9. The molecule has 11 nitrogen and oxygen atoms in total. The van der Waals surface area contributed by atoms with Crippen LogP contribution in [0.15, 0.2) is 76.9 Å². The van der Waals surface area contributed by atoms with E-state index in [1.54, 1.807) is 64.1 Å². The number of benzene rings is 1. The summed E-state index contributed by atoms with van der Waals surface area (Å²) in [6.07, 6.45) is 1.24. The number of esters is 1. The van der Waals surface area contributed by atoms with E-state index in [-0.39, 0.29) is 22.8 Å². The van der Waals surface area contributed by atoms with Crippen molar-refractivity contribution in [1.29, 1.82) is 0 Å². The summed E-state index contributed by atoms with van der Waals surface area (Å²) in [6.45, 7) is 6.96. The summed E-state index contributed by atoms with van der Waals surface area (Å²) < 4.78 is 24.4. The molecule has 1 atom stereocenters. The highest BCUT2D eigenvalue weighted by molar-refractivity contribution is 7.99. The first-order valence-electron chi connectivity index (χ1n) is 12.9. The standard InChI is InChI=1S/C29H28N4O7S2/c1-14(2)39-27(36)24-16(4)31-29-33(25(24)19-12-17(37-5)7-9-20(19)38-6)26(35)21(41-29)13-18-8-10-23(40-18)42-28-30-15(3)11-22(34)32-28/h7-14,25H,1-6H3,(H,30,32,34)/b21-13-/t25-/m0/s1. The molecule has 42 heavy (non-hydrogen) atoms. The number of nitrogens with zero attached hydrogens (tertiary/aromatic N) is 3. The van der Waals surface area contributed by atoms with Crippen LogP contribution in [0.4, 0.5) is 0 Å². The molecule has 13 heteroatoms. The second-order valence-electron chi connectivity index (χ2n) is 9.59. The van der Waals surface area contributed by atoms with Crippen LogP contribution in [0.1, 0.15) is 43.8 Å². The molecule has 4 heterocycles. The van der Waals surface area contributed by atoms with Gasteiger partial charge in [0.05, 0.1) is 36.1 Å². The van der Waals surface area contributed by atoms with E-state index < -0.39 is 12.0 Å². The Balaban J connectivity index is 1.63. The average molecular weight is 609 g/mol. The van der Waals surface area contributed by atoms with Crippen LogP contribution in [0.5, 0.6) is 11.5 Å². The van der Waals surface area contributed by atoms with E-state index in [0.29, 0.717) is 53.8 Å². The van der Waals surface area contributed by atoms with Crippen molar-refractivity contribution in [2.45, 2.75) is 50.1 Å². The minimum absolute atomic E-state index is 0.227. The third kappa shape index (κ3) is 5.83. The lowest BCUT2D eigenvalue weighted by atomic mass is 9.94. The quantitative estimate of drug-likeness (QED) is 0.236. The Morgan fingerprint density at radius 1 is 1.14 bits per heavy atom. The highest BCUT2D eigenvalue weighted by Gasteiger charge is 2.35. The van der Waals surface area contributed by atoms with Crippen molar-refractivity contribution in [3.05, 3.63) is 94.7 Å². The molecule has 3 aromatic heterocycles. The second-order valence-corrected chi connectivity index (χ2v) is 11.6. The summed E-state index contributed by atoms with van der Waals surface area (Å²) in [6, 6.07) is 9.17. The number of carbonyl (C=O) groups excluding carboxylic acids is 1. The van der Waals surface area contributed by atoms with Crippen LogP contribution in [0.3, 0.4) is 0 Å². The number of ether oxygens (including phenoxy) is 3. The van der Waals surface area contributed by atoms with Gasteiger partial charge in [0.1, 0.15) is 23.3 Å². The Bertz CT molecular complexity index is 1950. The zero-order valence-corrected chi connectivity index (χ0v) is 25.3. The van der Waals surface area contributed by atoms with Gasteiger partial charge in [-0.2, -0.15) is 0 Å². The highest BCUT2D eigenvalue weighted by atomic mass is 32.2. The third-order valence-electron chi connectivity index (χ3n) is 6.24. The first kappa shape index (κ1) is 29.1. The first-order chi connectivity index (χ1) is 20.1. The molecule has 1 aliphatic heterocycles. The topological polar surface area (TPSA) is 138 Å². The van der Waals surface area contributed by atoms with E-state index in [1.165, 1.54) is 36.2 Å². The SMILES string of the molecule is COc1ccc(OC)c([C@H]2C(C(=O)OC(C)C)=C(C)N=c3s/c(=C\c4ccc(Sc5nc(C)cc(=O)[nH]5)o4)c(=O)n32)c1. The van der Waals surface area contributed by atoms with Crippen molar-refractivity contribution in [3.63, 3.8) is 0 Å². The lowest BCUT2D eigenvalue weighted by Crippen LogP contribution is -2.40. The summed E-state index contributed by atoms with van der Waals surface area (Å²) in [5.41, 5.74) is 1.16. The molecule has 0 aliphatic carbocycles. The van der Waals surface area contributed by atoms with E-state index >= 15 is 0 Å². The van der Waals surface area contributed by atoms with E-state index in [2.05, 4.69) is 15.0 Å². The number of rotatable bonds is 8. The lowest BCUT2D eigenvalue weighted by molar-refractivity contribution is -0.143. The highest BCUT2D eigenvalue weighted by Crippen LogP contribution is 2.38. The minimum atomic E-state index is -0.883. The van der Waals surface area contributed by atoms with Crippen molar-refractivity contribution in [2.75, 3.05) is 14.2 Å². The van der Waals surface area contributed by atoms with Gasteiger partial charge in [0.2, 0.25) is 0 Å². The number of hydrogen-bond acceptors (Lipinski definition) is 11. The van der Waals surface area contributed by atoms with Gasteiger partial charge in [0, 0.05) is 23.4 Å². The van der Waals surface area contributed by atoms with Crippen LogP contribution >= 0.6 is 23.1 Å². The Labute approximate surface area is 248 Å². The van der Waals surface area contributed by atoms with Gasteiger partial charge < -0.3 is 23.6 Å². The van der Waals surface area contributed by atoms with E-state index in [1.807, 2.05) is 0 Å². The van der Waals surface area contributed by atoms with E-state index in [0.717, 1.165) is 11.8 Å². The third-order valence-corrected chi connectivity index (χ3v) is 8.03. The first-order valence-corrected chi connectivity index (χ1v) is 14.5. The number of fused-ring (bicyclic) bond motifs is 1. The molecule has 0 amide bonds. The number of aromatic amines is 1. The van der Waals surface area contributed by atoms with Gasteiger partial charge in [-0.3, -0.25) is 14.2 Å². The number of H-pyrrole nitrogens is 1. The van der Waals surface area contributed by atoms with Crippen LogP contribution in [-0.4, -0.2) is 40.8 Å². The summed E-state index contributed by atoms with van der Waals surface area (Å²) in [7, 11) is 3.06. The average Bonchev–Trinajstić information content (AvgIpc) is 3.49. The number of thiazole rings is 1. The van der Waals surface area contributed by atoms with Crippen molar-refractivity contribution < 1.29 is 23.4 Å². The molecule has 1 aromatic carbocycles. The van der Waals surface area contributed by atoms with Crippen LogP contribution in [0.2, 0.25) is 0 Å². The lowest BCUT2D eigenvalue weighted by Gasteiger charge is -2.26. The van der Waals surface area contributed by atoms with Crippen LogP contribution < -0.4 is 29.9 Å². The fourth-order valence-corrected chi connectivity index (χ4v) is 6.33. The summed E-state index contributed by atoms with van der Waals surface area (Å²) in [5.74, 6) is 0.842. The number of allylic oxidation sites excluding steroid dienone is 1. The van der Waals surface area contributed by atoms with Gasteiger partial charge in [0.25, 0.3) is 11.1 Å². The molecular weight excluding hydrogens is 580 g/mol. The summed E-state index contributed by atoms with van der Waals surface area (Å²) in [5, 5.41) is 0.875. The molecule has 0 unspecified atom stereocenters. The molecule has 0 saturated heterocycles. The number of furan rings is 1. The molecule has 5 rings (SSSR count). The van der Waals surface area contributed by atoms with Crippen molar-refractivity contribution >= 4 is 35.1 Å². The largest absolute Gasteiger partial charge is 0.497 e. The maximum absolute atomic E-state index is 14.0. The van der Waals surface area contributed by atoms with Gasteiger partial charge in [-0.1, -0.05) is 11.3 Å². The van der Waals surface area contributed by atoms with Gasteiger partial charge in [-0.05, 0) is 69.8 Å². The molecule has 0 fully saturated rings. The van der Waals surface area contributed by atoms with E-state index in [9.17, 15) is 14.4 Å². The maximum atomic E-state index is 14.0. The van der Waals surface area contributed by atoms with Crippen LogP contribution in [-0.2, 0) is 9.53 Å². The maximum Gasteiger partial charge on any atom is 0.338 e. The number of aromatic nitrogens is 3. The predicted molar refractivity (Wildman–Crippen MR) is 157 cm³/mol. The Hall–Kier alpha value is -4.36. The number of carbonyl (C=O) groups is 1. The minimum Gasteiger partial charge on any atom is -0.497 e. The fourth-order valence-electron chi connectivity index (χ4n) is 4.50.